The van der Waals surface area contributed by atoms with Crippen molar-refractivity contribution < 1.29 is 27.1 Å². The summed E-state index contributed by atoms with van der Waals surface area (Å²) in [5.41, 5.74) is -0.786. The van der Waals surface area contributed by atoms with Crippen LogP contribution in [0.4, 0.5) is 17.6 Å². The van der Waals surface area contributed by atoms with Crippen LogP contribution in [-0.2, 0) is 9.53 Å². The third-order valence-corrected chi connectivity index (χ3v) is 2.27. The van der Waals surface area contributed by atoms with Crippen molar-refractivity contribution in [2.75, 3.05) is 19.7 Å². The predicted molar refractivity (Wildman–Crippen MR) is 47.6 cm³/mol. The van der Waals surface area contributed by atoms with Gasteiger partial charge in [-0.2, -0.15) is 8.78 Å². The van der Waals surface area contributed by atoms with Gasteiger partial charge in [-0.25, -0.2) is 8.78 Å². The monoisotopic (exact) mass is 243 g/mol. The summed E-state index contributed by atoms with van der Waals surface area (Å²) in [4.78, 5) is 11.9. The van der Waals surface area contributed by atoms with Crippen LogP contribution in [0.5, 0.6) is 0 Å². The molecule has 0 N–H and O–H groups in total. The third-order valence-electron chi connectivity index (χ3n) is 2.27. The first-order valence-electron chi connectivity index (χ1n) is 4.76. The van der Waals surface area contributed by atoms with Gasteiger partial charge in [0.15, 0.2) is 0 Å². The second-order valence-corrected chi connectivity index (χ2v) is 4.26. The molecule has 1 fully saturated rings. The molecule has 0 spiro atoms. The molecule has 0 aromatic carbocycles. The molecular formula is C9H13F4NO2. The number of nitrogens with zero attached hydrogens (tertiary/aromatic N) is 1. The van der Waals surface area contributed by atoms with Crippen molar-refractivity contribution in [2.24, 2.45) is 0 Å². The number of alkyl halides is 4. The van der Waals surface area contributed by atoms with Gasteiger partial charge in [0.1, 0.15) is 0 Å². The quantitative estimate of drug-likeness (QED) is 0.688. The summed E-state index contributed by atoms with van der Waals surface area (Å²) in [5.74, 6) is -6.45. The van der Waals surface area contributed by atoms with E-state index >= 15 is 0 Å². The molecule has 0 saturated carbocycles. The molecule has 0 unspecified atom stereocenters. The molecule has 0 aromatic rings. The van der Waals surface area contributed by atoms with Gasteiger partial charge >= 0.3 is 12.3 Å². The molecule has 0 aromatic heterocycles. The lowest BCUT2D eigenvalue weighted by atomic mass is 10.1. The SMILES string of the molecule is CC1(C)CN(C(=O)C(F)(F)C(F)F)CCO1. The lowest BCUT2D eigenvalue weighted by Gasteiger charge is -2.39. The second kappa shape index (κ2) is 4.20. The number of halogens is 4. The Kier molecular flexibility index (Phi) is 3.47. The van der Waals surface area contributed by atoms with Crippen molar-refractivity contribution in [3.05, 3.63) is 0 Å². The number of carbonyl (C=O) groups excluding carboxylic acids is 1. The average molecular weight is 243 g/mol. The first-order chi connectivity index (χ1) is 7.17. The molecule has 7 heteroatoms. The van der Waals surface area contributed by atoms with Crippen LogP contribution in [0.2, 0.25) is 0 Å². The molecule has 1 aliphatic heterocycles. The van der Waals surface area contributed by atoms with E-state index in [1.54, 1.807) is 13.8 Å². The van der Waals surface area contributed by atoms with Gasteiger partial charge in [0.05, 0.1) is 12.2 Å². The average Bonchev–Trinajstić information content (AvgIpc) is 2.14. The summed E-state index contributed by atoms with van der Waals surface area (Å²) in [6.45, 7) is 3.07. The zero-order valence-corrected chi connectivity index (χ0v) is 8.97. The Balaban J connectivity index is 2.75. The third kappa shape index (κ3) is 2.63. The van der Waals surface area contributed by atoms with Crippen LogP contribution in [0.25, 0.3) is 0 Å². The highest BCUT2D eigenvalue weighted by atomic mass is 19.3. The van der Waals surface area contributed by atoms with Gasteiger partial charge in [-0.05, 0) is 13.8 Å². The molecule has 0 atom stereocenters. The highest BCUT2D eigenvalue weighted by molar-refractivity contribution is 5.84. The molecule has 1 heterocycles. The van der Waals surface area contributed by atoms with E-state index in [4.69, 9.17) is 4.74 Å². The molecule has 0 radical (unpaired) electrons. The number of hydrogen-bond donors (Lipinski definition) is 0. The highest BCUT2D eigenvalue weighted by Crippen LogP contribution is 2.27. The lowest BCUT2D eigenvalue weighted by Crippen LogP contribution is -2.56. The van der Waals surface area contributed by atoms with Crippen LogP contribution in [0, 0.1) is 0 Å². The fourth-order valence-electron chi connectivity index (χ4n) is 1.49. The van der Waals surface area contributed by atoms with Crippen molar-refractivity contribution in [3.8, 4) is 0 Å². The largest absolute Gasteiger partial charge is 0.383 e. The van der Waals surface area contributed by atoms with E-state index in [9.17, 15) is 22.4 Å². The minimum Gasteiger partial charge on any atom is -0.372 e. The van der Waals surface area contributed by atoms with Gasteiger partial charge in [-0.15, -0.1) is 0 Å². The van der Waals surface area contributed by atoms with Crippen molar-refractivity contribution >= 4 is 5.91 Å². The Morgan fingerprint density at radius 2 is 2.00 bits per heavy atom. The maximum absolute atomic E-state index is 12.8. The summed E-state index contributed by atoms with van der Waals surface area (Å²) in [7, 11) is 0. The van der Waals surface area contributed by atoms with Crippen LogP contribution in [0.3, 0.4) is 0 Å². The van der Waals surface area contributed by atoms with E-state index in [1.807, 2.05) is 0 Å². The fourth-order valence-corrected chi connectivity index (χ4v) is 1.49. The zero-order valence-electron chi connectivity index (χ0n) is 8.97. The minimum absolute atomic E-state index is 0.0675. The Morgan fingerprint density at radius 3 is 2.44 bits per heavy atom. The van der Waals surface area contributed by atoms with Gasteiger partial charge in [0.2, 0.25) is 0 Å². The van der Waals surface area contributed by atoms with Crippen molar-refractivity contribution in [3.63, 3.8) is 0 Å². The zero-order chi connectivity index (χ0) is 12.6. The van der Waals surface area contributed by atoms with Crippen molar-refractivity contribution in [2.45, 2.75) is 31.8 Å². The van der Waals surface area contributed by atoms with E-state index in [0.717, 1.165) is 4.90 Å². The van der Waals surface area contributed by atoms with E-state index in [-0.39, 0.29) is 19.7 Å². The molecule has 3 nitrogen and oxygen atoms in total. The summed E-state index contributed by atoms with van der Waals surface area (Å²) < 4.78 is 54.7. The molecule has 1 saturated heterocycles. The Bertz CT molecular complexity index is 281. The Labute approximate surface area is 90.3 Å². The Hall–Kier alpha value is -0.850. The maximum atomic E-state index is 12.8. The molecule has 94 valence electrons. The fraction of sp³-hybridized carbons (Fsp3) is 0.889. The van der Waals surface area contributed by atoms with E-state index in [1.165, 1.54) is 0 Å². The number of amides is 1. The molecule has 1 rings (SSSR count). The highest BCUT2D eigenvalue weighted by Gasteiger charge is 2.52. The van der Waals surface area contributed by atoms with Gasteiger partial charge in [-0.3, -0.25) is 4.79 Å². The summed E-state index contributed by atoms with van der Waals surface area (Å²) >= 11 is 0. The lowest BCUT2D eigenvalue weighted by molar-refractivity contribution is -0.190. The molecule has 1 amide bonds. The topological polar surface area (TPSA) is 29.5 Å². The van der Waals surface area contributed by atoms with Gasteiger partial charge in [0.25, 0.3) is 5.91 Å². The minimum atomic E-state index is -4.62. The van der Waals surface area contributed by atoms with Crippen LogP contribution < -0.4 is 0 Å². The summed E-state index contributed by atoms with van der Waals surface area (Å²) in [6, 6.07) is 0. The normalized spacial score (nSPS) is 21.3. The molecule has 1 aliphatic rings. The molecule has 16 heavy (non-hydrogen) atoms. The van der Waals surface area contributed by atoms with Crippen molar-refractivity contribution in [1.29, 1.82) is 0 Å². The summed E-state index contributed by atoms with van der Waals surface area (Å²) in [5, 5.41) is 0. The van der Waals surface area contributed by atoms with Crippen LogP contribution in [-0.4, -0.2) is 48.5 Å². The number of carbonyl (C=O) groups is 1. The Morgan fingerprint density at radius 1 is 1.44 bits per heavy atom. The van der Waals surface area contributed by atoms with Crippen LogP contribution >= 0.6 is 0 Å². The number of morpholine rings is 1. The smallest absolute Gasteiger partial charge is 0.372 e. The van der Waals surface area contributed by atoms with Crippen LogP contribution in [0.15, 0.2) is 0 Å². The first kappa shape index (κ1) is 13.2. The second-order valence-electron chi connectivity index (χ2n) is 4.26. The van der Waals surface area contributed by atoms with Gasteiger partial charge < -0.3 is 9.64 Å². The predicted octanol–water partition coefficient (Wildman–Crippen LogP) is 1.52. The number of ether oxygens (including phenoxy) is 1. The molecule has 0 bridgehead atoms. The number of rotatable bonds is 2. The molecular weight excluding hydrogens is 230 g/mol. The molecule has 0 aliphatic carbocycles. The van der Waals surface area contributed by atoms with Gasteiger partial charge in [0, 0.05) is 13.1 Å². The van der Waals surface area contributed by atoms with E-state index < -0.39 is 23.9 Å². The standard InChI is InChI=1S/C9H13F4NO2/c1-8(2)5-14(3-4-16-8)7(15)9(12,13)6(10)11/h6H,3-5H2,1-2H3. The summed E-state index contributed by atoms with van der Waals surface area (Å²) in [6.07, 6.45) is -3.98. The number of hydrogen-bond acceptors (Lipinski definition) is 2. The maximum Gasteiger partial charge on any atom is 0.383 e. The van der Waals surface area contributed by atoms with Gasteiger partial charge in [-0.1, -0.05) is 0 Å². The van der Waals surface area contributed by atoms with Crippen molar-refractivity contribution in [1.82, 2.24) is 4.90 Å². The van der Waals surface area contributed by atoms with Crippen LogP contribution in [0.1, 0.15) is 13.8 Å². The van der Waals surface area contributed by atoms with E-state index in [0.29, 0.717) is 0 Å². The van der Waals surface area contributed by atoms with E-state index in [2.05, 4.69) is 0 Å². The first-order valence-corrected chi connectivity index (χ1v) is 4.76.